The molecule has 0 unspecified atom stereocenters. The van der Waals surface area contributed by atoms with Gasteiger partial charge in [-0.15, -0.1) is 0 Å². The van der Waals surface area contributed by atoms with E-state index in [0.29, 0.717) is 5.56 Å². The lowest BCUT2D eigenvalue weighted by Crippen LogP contribution is -2.14. The van der Waals surface area contributed by atoms with Crippen LogP contribution in [0.3, 0.4) is 0 Å². The van der Waals surface area contributed by atoms with Gasteiger partial charge in [0.05, 0.1) is 5.69 Å². The molecule has 0 radical (unpaired) electrons. The topological polar surface area (TPSA) is 83.0 Å². The van der Waals surface area contributed by atoms with Crippen molar-refractivity contribution in [2.45, 2.75) is 0 Å². The summed E-state index contributed by atoms with van der Waals surface area (Å²) >= 11 is 0. The monoisotopic (exact) mass is 266 g/mol. The standard InChI is InChI=1S/C15H10N2O3/c18-14(19)12-8-16-15(20)17-13(12)11-6-5-9-3-1-2-4-10(9)7-11/h1-8H,(H,18,19)(H,16,17,20). The normalized spacial score (nSPS) is 10.6. The summed E-state index contributed by atoms with van der Waals surface area (Å²) in [5.41, 5.74) is 0.307. The maximum Gasteiger partial charge on any atom is 0.345 e. The van der Waals surface area contributed by atoms with Crippen LogP contribution in [0, 0.1) is 0 Å². The number of carboxylic acid groups (broad SMARTS) is 1. The highest BCUT2D eigenvalue weighted by atomic mass is 16.4. The summed E-state index contributed by atoms with van der Waals surface area (Å²) in [6.45, 7) is 0. The fraction of sp³-hybridized carbons (Fsp3) is 0. The van der Waals surface area contributed by atoms with Crippen LogP contribution in [0.5, 0.6) is 0 Å². The molecule has 3 rings (SSSR count). The molecule has 98 valence electrons. The van der Waals surface area contributed by atoms with E-state index in [4.69, 9.17) is 5.11 Å². The van der Waals surface area contributed by atoms with Gasteiger partial charge in [0.15, 0.2) is 0 Å². The summed E-state index contributed by atoms with van der Waals surface area (Å²) in [6, 6.07) is 13.2. The van der Waals surface area contributed by atoms with Gasteiger partial charge < -0.3 is 10.1 Å². The number of aromatic amines is 1. The first-order valence-corrected chi connectivity index (χ1v) is 5.97. The lowest BCUT2D eigenvalue weighted by molar-refractivity contribution is 0.0697. The maximum atomic E-state index is 11.3. The van der Waals surface area contributed by atoms with E-state index >= 15 is 0 Å². The number of nitrogens with zero attached hydrogens (tertiary/aromatic N) is 1. The molecule has 0 saturated carbocycles. The fourth-order valence-corrected chi connectivity index (χ4v) is 2.13. The van der Waals surface area contributed by atoms with Gasteiger partial charge in [-0.25, -0.2) is 14.6 Å². The van der Waals surface area contributed by atoms with Crippen LogP contribution in [-0.2, 0) is 0 Å². The van der Waals surface area contributed by atoms with Crippen molar-refractivity contribution in [2.24, 2.45) is 0 Å². The quantitative estimate of drug-likeness (QED) is 0.745. The van der Waals surface area contributed by atoms with Crippen LogP contribution in [0.2, 0.25) is 0 Å². The Kier molecular flexibility index (Phi) is 2.80. The second-order valence-corrected chi connectivity index (χ2v) is 4.34. The van der Waals surface area contributed by atoms with Crippen molar-refractivity contribution in [3.05, 3.63) is 64.7 Å². The van der Waals surface area contributed by atoms with Crippen molar-refractivity contribution in [2.75, 3.05) is 0 Å². The van der Waals surface area contributed by atoms with Crippen molar-refractivity contribution >= 4 is 16.7 Å². The van der Waals surface area contributed by atoms with Gasteiger partial charge >= 0.3 is 11.7 Å². The molecule has 20 heavy (non-hydrogen) atoms. The average molecular weight is 266 g/mol. The molecule has 0 atom stereocenters. The third kappa shape index (κ3) is 2.05. The van der Waals surface area contributed by atoms with Crippen LogP contribution in [0.1, 0.15) is 10.4 Å². The van der Waals surface area contributed by atoms with Gasteiger partial charge in [-0.1, -0.05) is 36.4 Å². The van der Waals surface area contributed by atoms with E-state index in [1.807, 2.05) is 36.4 Å². The number of carbonyl (C=O) groups is 1. The molecule has 1 heterocycles. The molecule has 0 aliphatic heterocycles. The van der Waals surface area contributed by atoms with Crippen LogP contribution in [0.15, 0.2) is 53.5 Å². The zero-order valence-electron chi connectivity index (χ0n) is 10.3. The zero-order chi connectivity index (χ0) is 14.1. The number of nitrogens with one attached hydrogen (secondary N) is 1. The Morgan fingerprint density at radius 3 is 2.60 bits per heavy atom. The van der Waals surface area contributed by atoms with E-state index in [2.05, 4.69) is 9.97 Å². The molecule has 5 heteroatoms. The molecule has 0 amide bonds. The number of carboxylic acids is 1. The van der Waals surface area contributed by atoms with Gasteiger partial charge in [-0.05, 0) is 22.4 Å². The molecule has 2 N–H and O–H groups in total. The molecule has 0 aliphatic carbocycles. The van der Waals surface area contributed by atoms with Crippen molar-refractivity contribution in [1.82, 2.24) is 9.97 Å². The Morgan fingerprint density at radius 1 is 1.10 bits per heavy atom. The first-order chi connectivity index (χ1) is 9.65. The average Bonchev–Trinajstić information content (AvgIpc) is 2.46. The lowest BCUT2D eigenvalue weighted by Gasteiger charge is -2.06. The van der Waals surface area contributed by atoms with E-state index in [1.54, 1.807) is 6.07 Å². The summed E-state index contributed by atoms with van der Waals surface area (Å²) in [7, 11) is 0. The van der Waals surface area contributed by atoms with Gasteiger partial charge in [-0.2, -0.15) is 0 Å². The largest absolute Gasteiger partial charge is 0.478 e. The number of aromatic carboxylic acids is 1. The molecule has 2 aromatic carbocycles. The highest BCUT2D eigenvalue weighted by Crippen LogP contribution is 2.24. The number of hydrogen-bond donors (Lipinski definition) is 2. The molecule has 3 aromatic rings. The highest BCUT2D eigenvalue weighted by Gasteiger charge is 2.13. The Hall–Kier alpha value is -2.95. The van der Waals surface area contributed by atoms with Crippen molar-refractivity contribution < 1.29 is 9.90 Å². The summed E-state index contributed by atoms with van der Waals surface area (Å²) in [4.78, 5) is 28.5. The van der Waals surface area contributed by atoms with Crippen LogP contribution in [-0.4, -0.2) is 21.0 Å². The molecular weight excluding hydrogens is 256 g/mol. The maximum absolute atomic E-state index is 11.3. The number of H-pyrrole nitrogens is 1. The Bertz CT molecular complexity index is 868. The molecule has 0 spiro atoms. The number of aromatic nitrogens is 2. The van der Waals surface area contributed by atoms with E-state index in [9.17, 15) is 9.59 Å². The molecule has 0 bridgehead atoms. The minimum atomic E-state index is -1.13. The molecule has 1 aromatic heterocycles. The second-order valence-electron chi connectivity index (χ2n) is 4.34. The molecule has 0 aliphatic rings. The number of hydrogen-bond acceptors (Lipinski definition) is 3. The predicted octanol–water partition coefficient (Wildman–Crippen LogP) is 2.29. The van der Waals surface area contributed by atoms with Crippen molar-refractivity contribution in [3.63, 3.8) is 0 Å². The Labute approximate surface area is 113 Å². The third-order valence-corrected chi connectivity index (χ3v) is 3.08. The summed E-state index contributed by atoms with van der Waals surface area (Å²) in [6.07, 6.45) is 1.08. The van der Waals surface area contributed by atoms with Crippen LogP contribution >= 0.6 is 0 Å². The van der Waals surface area contributed by atoms with Gasteiger partial charge in [-0.3, -0.25) is 0 Å². The van der Waals surface area contributed by atoms with Gasteiger partial charge in [0.1, 0.15) is 5.56 Å². The minimum absolute atomic E-state index is 0.0279. The summed E-state index contributed by atoms with van der Waals surface area (Å²) in [5, 5.41) is 11.2. The molecule has 0 fully saturated rings. The summed E-state index contributed by atoms with van der Waals surface area (Å²) in [5.74, 6) is -1.13. The SMILES string of the molecule is O=C(O)c1cnc(=O)[nH]c1-c1ccc2ccccc2c1. The minimum Gasteiger partial charge on any atom is -0.478 e. The molecular formula is C15H10N2O3. The van der Waals surface area contributed by atoms with Crippen LogP contribution in [0.25, 0.3) is 22.0 Å². The molecule has 5 nitrogen and oxygen atoms in total. The third-order valence-electron chi connectivity index (χ3n) is 3.08. The van der Waals surface area contributed by atoms with Crippen molar-refractivity contribution in [3.8, 4) is 11.3 Å². The van der Waals surface area contributed by atoms with E-state index in [-0.39, 0.29) is 11.3 Å². The van der Waals surface area contributed by atoms with E-state index < -0.39 is 11.7 Å². The van der Waals surface area contributed by atoms with E-state index in [1.165, 1.54) is 0 Å². The van der Waals surface area contributed by atoms with Crippen LogP contribution in [0.4, 0.5) is 0 Å². The van der Waals surface area contributed by atoms with Crippen molar-refractivity contribution in [1.29, 1.82) is 0 Å². The number of fused-ring (bicyclic) bond motifs is 1. The Morgan fingerprint density at radius 2 is 1.85 bits per heavy atom. The van der Waals surface area contributed by atoms with Gasteiger partial charge in [0.25, 0.3) is 0 Å². The predicted molar refractivity (Wildman–Crippen MR) is 74.8 cm³/mol. The zero-order valence-corrected chi connectivity index (χ0v) is 10.3. The lowest BCUT2D eigenvalue weighted by atomic mass is 10.0. The van der Waals surface area contributed by atoms with Gasteiger partial charge in [0, 0.05) is 6.20 Å². The Balaban J connectivity index is 2.27. The smallest absolute Gasteiger partial charge is 0.345 e. The molecule has 0 saturated heterocycles. The van der Waals surface area contributed by atoms with Crippen LogP contribution < -0.4 is 5.69 Å². The number of rotatable bonds is 2. The van der Waals surface area contributed by atoms with Gasteiger partial charge in [0.2, 0.25) is 0 Å². The first-order valence-electron chi connectivity index (χ1n) is 5.97. The second kappa shape index (κ2) is 4.62. The number of benzene rings is 2. The highest BCUT2D eigenvalue weighted by molar-refractivity contribution is 5.96. The first kappa shape index (κ1) is 12.1. The fourth-order valence-electron chi connectivity index (χ4n) is 2.13. The summed E-state index contributed by atoms with van der Waals surface area (Å²) < 4.78 is 0. The van der Waals surface area contributed by atoms with E-state index in [0.717, 1.165) is 17.0 Å².